The smallest absolute Gasteiger partial charge is 0.241 e. The summed E-state index contributed by atoms with van der Waals surface area (Å²) in [6.07, 6.45) is 4.45. The van der Waals surface area contributed by atoms with Crippen LogP contribution in [-0.4, -0.2) is 33.3 Å². The Kier molecular flexibility index (Phi) is 4.28. The SMILES string of the molecule is COc1ccc(-c2noc(CN3CCC[C@@H]3c3cccn3C)n2)cc1. The Bertz CT molecular complexity index is 837. The summed E-state index contributed by atoms with van der Waals surface area (Å²) >= 11 is 0. The highest BCUT2D eigenvalue weighted by molar-refractivity contribution is 5.55. The van der Waals surface area contributed by atoms with Crippen LogP contribution in [0.2, 0.25) is 0 Å². The molecule has 1 fully saturated rings. The molecule has 1 atom stereocenters. The van der Waals surface area contributed by atoms with E-state index in [-0.39, 0.29) is 0 Å². The van der Waals surface area contributed by atoms with Crippen LogP contribution in [0.25, 0.3) is 11.4 Å². The Morgan fingerprint density at radius 3 is 2.80 bits per heavy atom. The number of aryl methyl sites for hydroxylation is 1. The van der Waals surface area contributed by atoms with Gasteiger partial charge in [0.1, 0.15) is 5.75 Å². The summed E-state index contributed by atoms with van der Waals surface area (Å²) in [5, 5.41) is 4.13. The lowest BCUT2D eigenvalue weighted by Gasteiger charge is -2.23. The molecular formula is C19H22N4O2. The number of nitrogens with zero attached hydrogens (tertiary/aromatic N) is 4. The molecule has 0 unspecified atom stereocenters. The van der Waals surface area contributed by atoms with Crippen molar-refractivity contribution < 1.29 is 9.26 Å². The van der Waals surface area contributed by atoms with Crippen molar-refractivity contribution in [3.05, 3.63) is 54.2 Å². The number of likely N-dealkylation sites (tertiary alicyclic amines) is 1. The van der Waals surface area contributed by atoms with Crippen molar-refractivity contribution in [2.24, 2.45) is 7.05 Å². The van der Waals surface area contributed by atoms with E-state index >= 15 is 0 Å². The predicted octanol–water partition coefficient (Wildman–Crippen LogP) is 3.42. The number of aromatic nitrogens is 3. The van der Waals surface area contributed by atoms with Gasteiger partial charge in [0.25, 0.3) is 0 Å². The van der Waals surface area contributed by atoms with Gasteiger partial charge in [0.2, 0.25) is 11.7 Å². The maximum Gasteiger partial charge on any atom is 0.241 e. The molecule has 0 radical (unpaired) electrons. The lowest BCUT2D eigenvalue weighted by Crippen LogP contribution is -2.24. The van der Waals surface area contributed by atoms with Crippen LogP contribution in [0.4, 0.5) is 0 Å². The zero-order valence-electron chi connectivity index (χ0n) is 14.6. The molecule has 130 valence electrons. The Labute approximate surface area is 147 Å². The Morgan fingerprint density at radius 2 is 2.08 bits per heavy atom. The zero-order valence-corrected chi connectivity index (χ0v) is 14.6. The molecule has 1 aliphatic heterocycles. The van der Waals surface area contributed by atoms with Gasteiger partial charge in [-0.25, -0.2) is 0 Å². The van der Waals surface area contributed by atoms with E-state index in [1.807, 2.05) is 24.3 Å². The number of hydrogen-bond acceptors (Lipinski definition) is 5. The van der Waals surface area contributed by atoms with Crippen LogP contribution in [0.5, 0.6) is 5.75 Å². The van der Waals surface area contributed by atoms with E-state index in [1.165, 1.54) is 12.1 Å². The molecule has 0 saturated carbocycles. The summed E-state index contributed by atoms with van der Waals surface area (Å²) in [4.78, 5) is 6.99. The van der Waals surface area contributed by atoms with Crippen molar-refractivity contribution in [3.63, 3.8) is 0 Å². The van der Waals surface area contributed by atoms with E-state index < -0.39 is 0 Å². The topological polar surface area (TPSA) is 56.3 Å². The fraction of sp³-hybridized carbons (Fsp3) is 0.368. The number of hydrogen-bond donors (Lipinski definition) is 0. The third-order valence-corrected chi connectivity index (χ3v) is 4.84. The molecule has 0 bridgehead atoms. The van der Waals surface area contributed by atoms with E-state index in [0.717, 1.165) is 24.3 Å². The number of methoxy groups -OCH3 is 1. The third-order valence-electron chi connectivity index (χ3n) is 4.84. The van der Waals surface area contributed by atoms with Crippen LogP contribution >= 0.6 is 0 Å². The van der Waals surface area contributed by atoms with Crippen molar-refractivity contribution >= 4 is 0 Å². The molecule has 6 nitrogen and oxygen atoms in total. The summed E-state index contributed by atoms with van der Waals surface area (Å²) < 4.78 is 12.9. The van der Waals surface area contributed by atoms with E-state index in [9.17, 15) is 0 Å². The van der Waals surface area contributed by atoms with E-state index in [4.69, 9.17) is 9.26 Å². The largest absolute Gasteiger partial charge is 0.497 e. The van der Waals surface area contributed by atoms with E-state index in [2.05, 4.69) is 45.0 Å². The Morgan fingerprint density at radius 1 is 1.24 bits per heavy atom. The first-order valence-corrected chi connectivity index (χ1v) is 8.57. The van der Waals surface area contributed by atoms with Gasteiger partial charge in [0, 0.05) is 24.5 Å². The van der Waals surface area contributed by atoms with Crippen LogP contribution < -0.4 is 4.74 Å². The first-order chi connectivity index (χ1) is 12.2. The molecule has 1 aromatic carbocycles. The maximum absolute atomic E-state index is 5.49. The molecule has 2 aromatic heterocycles. The molecule has 0 N–H and O–H groups in total. The summed E-state index contributed by atoms with van der Waals surface area (Å²) in [5.41, 5.74) is 2.27. The fourth-order valence-corrected chi connectivity index (χ4v) is 3.52. The Hall–Kier alpha value is -2.60. The average Bonchev–Trinajstić information content (AvgIpc) is 3.37. The van der Waals surface area contributed by atoms with Crippen LogP contribution in [0.1, 0.15) is 30.5 Å². The van der Waals surface area contributed by atoms with Gasteiger partial charge in [-0.2, -0.15) is 4.98 Å². The van der Waals surface area contributed by atoms with Gasteiger partial charge in [-0.05, 0) is 55.8 Å². The second-order valence-electron chi connectivity index (χ2n) is 6.41. The van der Waals surface area contributed by atoms with Gasteiger partial charge in [-0.15, -0.1) is 0 Å². The molecule has 6 heteroatoms. The minimum atomic E-state index is 0.413. The van der Waals surface area contributed by atoms with Gasteiger partial charge in [0.05, 0.1) is 19.7 Å². The average molecular weight is 338 g/mol. The van der Waals surface area contributed by atoms with Gasteiger partial charge < -0.3 is 13.8 Å². The highest BCUT2D eigenvalue weighted by Crippen LogP contribution is 2.33. The molecular weight excluding hydrogens is 316 g/mol. The van der Waals surface area contributed by atoms with Crippen molar-refractivity contribution in [2.45, 2.75) is 25.4 Å². The number of ether oxygens (including phenoxy) is 1. The normalized spacial score (nSPS) is 17.9. The summed E-state index contributed by atoms with van der Waals surface area (Å²) in [6.45, 7) is 1.73. The van der Waals surface area contributed by atoms with E-state index in [1.54, 1.807) is 7.11 Å². The highest BCUT2D eigenvalue weighted by Gasteiger charge is 2.29. The first-order valence-electron chi connectivity index (χ1n) is 8.57. The highest BCUT2D eigenvalue weighted by atomic mass is 16.5. The number of rotatable bonds is 5. The Balaban J connectivity index is 1.49. The molecule has 0 amide bonds. The second-order valence-corrected chi connectivity index (χ2v) is 6.41. The first kappa shape index (κ1) is 15.9. The molecule has 3 aromatic rings. The number of benzene rings is 1. The predicted molar refractivity (Wildman–Crippen MR) is 94.1 cm³/mol. The minimum Gasteiger partial charge on any atom is -0.497 e. The quantitative estimate of drug-likeness (QED) is 0.713. The maximum atomic E-state index is 5.49. The van der Waals surface area contributed by atoms with Crippen LogP contribution in [0.15, 0.2) is 47.1 Å². The third kappa shape index (κ3) is 3.17. The van der Waals surface area contributed by atoms with Crippen molar-refractivity contribution in [3.8, 4) is 17.1 Å². The van der Waals surface area contributed by atoms with Crippen molar-refractivity contribution in [1.29, 1.82) is 0 Å². The van der Waals surface area contributed by atoms with E-state index in [0.29, 0.717) is 24.3 Å². The fourth-order valence-electron chi connectivity index (χ4n) is 3.52. The molecule has 25 heavy (non-hydrogen) atoms. The summed E-state index contributed by atoms with van der Waals surface area (Å²) in [7, 11) is 3.75. The van der Waals surface area contributed by atoms with Crippen LogP contribution in [-0.2, 0) is 13.6 Å². The molecule has 0 spiro atoms. The standard InChI is InChI=1S/C19H22N4O2/c1-22-11-3-5-16(22)17-6-4-12-23(17)13-18-20-19(21-25-18)14-7-9-15(24-2)10-8-14/h3,5,7-11,17H,4,6,12-13H2,1-2H3/t17-/m1/s1. The van der Waals surface area contributed by atoms with Gasteiger partial charge >= 0.3 is 0 Å². The lowest BCUT2D eigenvalue weighted by atomic mass is 10.1. The minimum absolute atomic E-state index is 0.413. The molecule has 1 aliphatic rings. The molecule has 4 rings (SSSR count). The monoisotopic (exact) mass is 338 g/mol. The molecule has 1 saturated heterocycles. The summed E-state index contributed by atoms with van der Waals surface area (Å²) in [5.74, 6) is 2.09. The summed E-state index contributed by atoms with van der Waals surface area (Å²) in [6, 6.07) is 12.4. The van der Waals surface area contributed by atoms with Crippen molar-refractivity contribution in [2.75, 3.05) is 13.7 Å². The molecule has 3 heterocycles. The van der Waals surface area contributed by atoms with Crippen molar-refractivity contribution in [1.82, 2.24) is 19.6 Å². The second kappa shape index (κ2) is 6.72. The van der Waals surface area contributed by atoms with Gasteiger partial charge in [-0.3, -0.25) is 4.90 Å². The van der Waals surface area contributed by atoms with Crippen LogP contribution in [0, 0.1) is 0 Å². The zero-order chi connectivity index (χ0) is 17.2. The van der Waals surface area contributed by atoms with Gasteiger partial charge in [0.15, 0.2) is 0 Å². The van der Waals surface area contributed by atoms with Crippen LogP contribution in [0.3, 0.4) is 0 Å². The van der Waals surface area contributed by atoms with Gasteiger partial charge in [-0.1, -0.05) is 5.16 Å². The lowest BCUT2D eigenvalue weighted by molar-refractivity contribution is 0.207. The molecule has 0 aliphatic carbocycles.